The molecule has 0 aromatic heterocycles. The summed E-state index contributed by atoms with van der Waals surface area (Å²) in [5.74, 6) is 3.14. The number of hydrogen-bond donors (Lipinski definition) is 0. The number of rotatable bonds is 3. The molecule has 0 aliphatic heterocycles. The maximum atomic E-state index is 3.74. The summed E-state index contributed by atoms with van der Waals surface area (Å²) < 4.78 is 0. The van der Waals surface area contributed by atoms with E-state index in [4.69, 9.17) is 0 Å². The fraction of sp³-hybridized carbons (Fsp3) is 0.700. The first kappa shape index (κ1) is 10.8. The van der Waals surface area contributed by atoms with E-state index in [9.17, 15) is 0 Å². The molecule has 0 amide bonds. The van der Waals surface area contributed by atoms with Crippen molar-refractivity contribution < 1.29 is 0 Å². The summed E-state index contributed by atoms with van der Waals surface area (Å²) in [6, 6.07) is 3.90. The highest BCUT2D eigenvalue weighted by Crippen LogP contribution is 2.18. The predicted molar refractivity (Wildman–Crippen MR) is 54.9 cm³/mol. The molecule has 0 aromatic carbocycles. The zero-order valence-electron chi connectivity index (χ0n) is 8.04. The third-order valence-corrected chi connectivity index (χ3v) is 7.28. The maximum absolute atomic E-state index is 3.74. The molecule has 63 valence electrons. The molecule has 0 N–H and O–H groups in total. The predicted octanol–water partition coefficient (Wildman–Crippen LogP) is 3.26. The first-order valence-corrected chi connectivity index (χ1v) is 7.16. The molecule has 11 heavy (non-hydrogen) atoms. The molecule has 0 saturated heterocycles. The Morgan fingerprint density at radius 1 is 1.09 bits per heavy atom. The summed E-state index contributed by atoms with van der Waals surface area (Å²) in [6.07, 6.45) is 0.773. The first-order chi connectivity index (χ1) is 5.24. The third-order valence-electron chi connectivity index (χ3n) is 2.51. The molecule has 0 aliphatic rings. The van der Waals surface area contributed by atoms with Gasteiger partial charge in [0.25, 0.3) is 0 Å². The van der Waals surface area contributed by atoms with Crippen LogP contribution in [0.5, 0.6) is 0 Å². The Labute approximate surface area is 72.4 Å². The smallest absolute Gasteiger partial charge is 0.131 e. The summed E-state index contributed by atoms with van der Waals surface area (Å²) in [4.78, 5) is 0. The van der Waals surface area contributed by atoms with E-state index in [0.29, 0.717) is 0 Å². The second-order valence-electron chi connectivity index (χ2n) is 2.89. The van der Waals surface area contributed by atoms with Crippen molar-refractivity contribution >= 4 is 8.07 Å². The van der Waals surface area contributed by atoms with E-state index >= 15 is 0 Å². The fourth-order valence-corrected chi connectivity index (χ4v) is 3.80. The minimum absolute atomic E-state index is 0.773. The molecule has 0 bridgehead atoms. The van der Waals surface area contributed by atoms with Gasteiger partial charge in [0.15, 0.2) is 0 Å². The second kappa shape index (κ2) is 5.43. The monoisotopic (exact) mass is 167 g/mol. The highest BCUT2D eigenvalue weighted by atomic mass is 28.3. The van der Waals surface area contributed by atoms with Crippen LogP contribution in [0.3, 0.4) is 0 Å². The van der Waals surface area contributed by atoms with Gasteiger partial charge in [-0.2, -0.15) is 0 Å². The SMILES string of the molecule is [CH2]CC#C[Si](CC)(CC)CC. The molecule has 1 radical (unpaired) electrons. The molecular weight excluding hydrogens is 148 g/mol. The lowest BCUT2D eigenvalue weighted by Gasteiger charge is -2.19. The fourth-order valence-electron chi connectivity index (χ4n) is 1.27. The van der Waals surface area contributed by atoms with Crippen LogP contribution in [0.25, 0.3) is 0 Å². The summed E-state index contributed by atoms with van der Waals surface area (Å²) in [6.45, 7) is 10.6. The zero-order chi connectivity index (χ0) is 8.74. The van der Waals surface area contributed by atoms with E-state index in [1.165, 1.54) is 18.1 Å². The first-order valence-electron chi connectivity index (χ1n) is 4.54. The van der Waals surface area contributed by atoms with Crippen LogP contribution in [0.4, 0.5) is 0 Å². The van der Waals surface area contributed by atoms with Crippen molar-refractivity contribution in [2.75, 3.05) is 0 Å². The Morgan fingerprint density at radius 3 is 1.82 bits per heavy atom. The Hall–Kier alpha value is -0.223. The molecule has 0 unspecified atom stereocenters. The Balaban J connectivity index is 4.28. The van der Waals surface area contributed by atoms with Crippen LogP contribution in [0.1, 0.15) is 27.2 Å². The van der Waals surface area contributed by atoms with E-state index in [1.54, 1.807) is 0 Å². The lowest BCUT2D eigenvalue weighted by molar-refractivity contribution is 1.20. The van der Waals surface area contributed by atoms with E-state index in [2.05, 4.69) is 39.2 Å². The van der Waals surface area contributed by atoms with Crippen LogP contribution in [0, 0.1) is 18.4 Å². The van der Waals surface area contributed by atoms with Gasteiger partial charge in [0.05, 0.1) is 0 Å². The highest BCUT2D eigenvalue weighted by Gasteiger charge is 2.23. The van der Waals surface area contributed by atoms with E-state index in [-0.39, 0.29) is 0 Å². The van der Waals surface area contributed by atoms with Gasteiger partial charge in [-0.3, -0.25) is 0 Å². The molecule has 0 saturated carbocycles. The van der Waals surface area contributed by atoms with Crippen molar-refractivity contribution in [1.29, 1.82) is 0 Å². The summed E-state index contributed by atoms with van der Waals surface area (Å²) >= 11 is 0. The van der Waals surface area contributed by atoms with Crippen molar-refractivity contribution in [2.24, 2.45) is 0 Å². The molecular formula is C10H19Si. The molecule has 0 aliphatic carbocycles. The van der Waals surface area contributed by atoms with Gasteiger partial charge in [0.1, 0.15) is 8.07 Å². The van der Waals surface area contributed by atoms with Crippen LogP contribution in [-0.4, -0.2) is 8.07 Å². The van der Waals surface area contributed by atoms with Crippen LogP contribution >= 0.6 is 0 Å². The van der Waals surface area contributed by atoms with Crippen LogP contribution < -0.4 is 0 Å². The molecule has 0 spiro atoms. The van der Waals surface area contributed by atoms with E-state index in [0.717, 1.165) is 6.42 Å². The topological polar surface area (TPSA) is 0 Å². The van der Waals surface area contributed by atoms with Crippen molar-refractivity contribution in [2.45, 2.75) is 45.3 Å². The van der Waals surface area contributed by atoms with Crippen molar-refractivity contribution in [3.05, 3.63) is 6.92 Å². The van der Waals surface area contributed by atoms with Gasteiger partial charge in [-0.25, -0.2) is 0 Å². The summed E-state index contributed by atoms with van der Waals surface area (Å²) in [5.41, 5.74) is 3.46. The molecule has 0 nitrogen and oxygen atoms in total. The van der Waals surface area contributed by atoms with Crippen LogP contribution in [0.15, 0.2) is 0 Å². The standard InChI is InChI=1S/C10H19Si/c1-5-9-10-11(6-2,7-3)8-4/h1,5-8H2,2-4H3. The summed E-state index contributed by atoms with van der Waals surface area (Å²) in [7, 11) is -1.14. The zero-order valence-corrected chi connectivity index (χ0v) is 9.04. The van der Waals surface area contributed by atoms with Crippen molar-refractivity contribution in [3.63, 3.8) is 0 Å². The number of hydrogen-bond acceptors (Lipinski definition) is 0. The van der Waals surface area contributed by atoms with Gasteiger partial charge < -0.3 is 0 Å². The molecule has 0 atom stereocenters. The normalized spacial score (nSPS) is 10.5. The molecule has 1 heteroatoms. The Morgan fingerprint density at radius 2 is 1.55 bits per heavy atom. The molecule has 0 fully saturated rings. The maximum Gasteiger partial charge on any atom is 0.137 e. The molecule has 0 aromatic rings. The third kappa shape index (κ3) is 3.12. The van der Waals surface area contributed by atoms with E-state index < -0.39 is 8.07 Å². The molecule has 0 heterocycles. The summed E-state index contributed by atoms with van der Waals surface area (Å²) in [5, 5.41) is 0. The van der Waals surface area contributed by atoms with Gasteiger partial charge in [-0.05, 0) is 25.1 Å². The van der Waals surface area contributed by atoms with Gasteiger partial charge >= 0.3 is 0 Å². The van der Waals surface area contributed by atoms with E-state index in [1.807, 2.05) is 0 Å². The van der Waals surface area contributed by atoms with Crippen molar-refractivity contribution in [3.8, 4) is 11.5 Å². The highest BCUT2D eigenvalue weighted by molar-refractivity contribution is 6.87. The lowest BCUT2D eigenvalue weighted by Crippen LogP contribution is -2.29. The minimum atomic E-state index is -1.14. The average molecular weight is 167 g/mol. The van der Waals surface area contributed by atoms with Gasteiger partial charge in [-0.1, -0.05) is 20.8 Å². The van der Waals surface area contributed by atoms with Crippen molar-refractivity contribution in [1.82, 2.24) is 0 Å². The van der Waals surface area contributed by atoms with Crippen LogP contribution in [0.2, 0.25) is 18.1 Å². The lowest BCUT2D eigenvalue weighted by atomic mass is 10.5. The van der Waals surface area contributed by atoms with Gasteiger partial charge in [0.2, 0.25) is 0 Å². The Bertz CT molecular complexity index is 138. The Kier molecular flexibility index (Phi) is 5.32. The van der Waals surface area contributed by atoms with Gasteiger partial charge in [0, 0.05) is 6.42 Å². The minimum Gasteiger partial charge on any atom is -0.131 e. The average Bonchev–Trinajstić information content (AvgIpc) is 2.08. The van der Waals surface area contributed by atoms with Crippen LogP contribution in [-0.2, 0) is 0 Å². The quantitative estimate of drug-likeness (QED) is 0.447. The second-order valence-corrected chi connectivity index (χ2v) is 7.82. The largest absolute Gasteiger partial charge is 0.137 e. The molecule has 0 rings (SSSR count). The van der Waals surface area contributed by atoms with Gasteiger partial charge in [-0.15, -0.1) is 11.5 Å².